The molecule has 0 amide bonds. The van der Waals surface area contributed by atoms with Crippen LogP contribution in [0.1, 0.15) is 17.2 Å². The van der Waals surface area contributed by atoms with E-state index in [1.165, 1.54) is 11.1 Å². The Morgan fingerprint density at radius 2 is 2.23 bits per heavy atom. The quantitative estimate of drug-likeness (QED) is 0.702. The first-order valence-corrected chi connectivity index (χ1v) is 4.74. The van der Waals surface area contributed by atoms with Crippen molar-refractivity contribution in [2.24, 2.45) is 0 Å². The Kier molecular flexibility index (Phi) is 2.62. The van der Waals surface area contributed by atoms with Crippen LogP contribution in [-0.4, -0.2) is 20.3 Å². The molecule has 1 aliphatic heterocycles. The summed E-state index contributed by atoms with van der Waals surface area (Å²) in [5.74, 6) is 0. The highest BCUT2D eigenvalue weighted by Gasteiger charge is 2.16. The number of ether oxygens (including phenoxy) is 1. The highest BCUT2D eigenvalue weighted by Crippen LogP contribution is 2.21. The molecular weight excluding hydrogens is 162 g/mol. The second-order valence-corrected chi connectivity index (χ2v) is 3.36. The van der Waals surface area contributed by atoms with E-state index >= 15 is 0 Å². The number of fused-ring (bicyclic) bond motifs is 1. The Balaban J connectivity index is 2.35. The van der Waals surface area contributed by atoms with Crippen molar-refractivity contribution in [1.29, 1.82) is 0 Å². The number of hydrogen-bond donors (Lipinski definition) is 1. The average molecular weight is 177 g/mol. The van der Waals surface area contributed by atoms with Crippen LogP contribution >= 0.6 is 0 Å². The summed E-state index contributed by atoms with van der Waals surface area (Å²) in [6.07, 6.45) is 1.04. The molecule has 70 valence electrons. The lowest BCUT2D eigenvalue weighted by molar-refractivity contribution is 0.123. The third-order valence-corrected chi connectivity index (χ3v) is 2.58. The van der Waals surface area contributed by atoms with Crippen molar-refractivity contribution in [2.45, 2.75) is 12.5 Å². The lowest BCUT2D eigenvalue weighted by Gasteiger charge is -2.15. The number of rotatable bonds is 1. The fraction of sp³-hybridized carbons (Fsp3) is 0.455. The molecule has 0 aliphatic carbocycles. The Morgan fingerprint density at radius 3 is 3.08 bits per heavy atom. The minimum absolute atomic E-state index is 0.360. The van der Waals surface area contributed by atoms with Gasteiger partial charge in [0.15, 0.2) is 0 Å². The summed E-state index contributed by atoms with van der Waals surface area (Å²) in [4.78, 5) is 0. The zero-order valence-electron chi connectivity index (χ0n) is 7.92. The Bertz CT molecular complexity index is 285. The van der Waals surface area contributed by atoms with E-state index in [1.807, 2.05) is 7.05 Å². The summed E-state index contributed by atoms with van der Waals surface area (Å²) in [6.45, 7) is 1.63. The van der Waals surface area contributed by atoms with Gasteiger partial charge in [0.1, 0.15) is 0 Å². The van der Waals surface area contributed by atoms with Gasteiger partial charge in [0.05, 0.1) is 19.3 Å². The van der Waals surface area contributed by atoms with E-state index in [4.69, 9.17) is 4.74 Å². The molecule has 1 unspecified atom stereocenters. The molecule has 0 fully saturated rings. The summed E-state index contributed by atoms with van der Waals surface area (Å²) in [7, 11) is 1.98. The normalized spacial score (nSPS) is 22.1. The molecule has 2 rings (SSSR count). The summed E-state index contributed by atoms with van der Waals surface area (Å²) < 4.78 is 5.52. The molecule has 0 spiro atoms. The topological polar surface area (TPSA) is 21.3 Å². The summed E-state index contributed by atoms with van der Waals surface area (Å²) in [6, 6.07) is 8.92. The van der Waals surface area contributed by atoms with E-state index in [-0.39, 0.29) is 0 Å². The fourth-order valence-corrected chi connectivity index (χ4v) is 1.81. The smallest absolute Gasteiger partial charge is 0.0661 e. The van der Waals surface area contributed by atoms with Gasteiger partial charge in [-0.2, -0.15) is 0 Å². The fourth-order valence-electron chi connectivity index (χ4n) is 1.81. The zero-order chi connectivity index (χ0) is 9.10. The molecule has 0 saturated carbocycles. The molecule has 0 radical (unpaired) electrons. The van der Waals surface area contributed by atoms with Gasteiger partial charge < -0.3 is 10.1 Å². The van der Waals surface area contributed by atoms with Crippen molar-refractivity contribution in [3.8, 4) is 0 Å². The van der Waals surface area contributed by atoms with E-state index in [2.05, 4.69) is 29.6 Å². The van der Waals surface area contributed by atoms with E-state index in [9.17, 15) is 0 Å². The summed E-state index contributed by atoms with van der Waals surface area (Å²) in [5, 5.41) is 3.28. The first-order chi connectivity index (χ1) is 6.42. The van der Waals surface area contributed by atoms with Gasteiger partial charge >= 0.3 is 0 Å². The maximum Gasteiger partial charge on any atom is 0.0661 e. The van der Waals surface area contributed by atoms with Crippen LogP contribution in [0.3, 0.4) is 0 Å². The molecule has 1 aromatic carbocycles. The summed E-state index contributed by atoms with van der Waals surface area (Å²) in [5.41, 5.74) is 2.81. The maximum absolute atomic E-state index is 5.52. The molecule has 0 bridgehead atoms. The van der Waals surface area contributed by atoms with Crippen LogP contribution in [0, 0.1) is 0 Å². The highest BCUT2D eigenvalue weighted by atomic mass is 16.5. The van der Waals surface area contributed by atoms with Crippen LogP contribution in [0.4, 0.5) is 0 Å². The van der Waals surface area contributed by atoms with Crippen molar-refractivity contribution in [2.75, 3.05) is 20.3 Å². The van der Waals surface area contributed by atoms with Gasteiger partial charge in [0.25, 0.3) is 0 Å². The van der Waals surface area contributed by atoms with Gasteiger partial charge in [-0.05, 0) is 24.6 Å². The van der Waals surface area contributed by atoms with Crippen LogP contribution in [0.5, 0.6) is 0 Å². The van der Waals surface area contributed by atoms with E-state index in [0.717, 1.165) is 19.6 Å². The molecule has 0 aromatic heterocycles. The number of benzene rings is 1. The van der Waals surface area contributed by atoms with Crippen molar-refractivity contribution in [1.82, 2.24) is 5.32 Å². The van der Waals surface area contributed by atoms with Gasteiger partial charge in [-0.15, -0.1) is 0 Å². The van der Waals surface area contributed by atoms with Gasteiger partial charge in [0, 0.05) is 0 Å². The van der Waals surface area contributed by atoms with E-state index < -0.39 is 0 Å². The van der Waals surface area contributed by atoms with Crippen molar-refractivity contribution in [3.05, 3.63) is 35.4 Å². The van der Waals surface area contributed by atoms with Gasteiger partial charge in [-0.25, -0.2) is 0 Å². The first kappa shape index (κ1) is 8.73. The van der Waals surface area contributed by atoms with Gasteiger partial charge in [-0.3, -0.25) is 0 Å². The molecule has 1 heterocycles. The molecule has 1 N–H and O–H groups in total. The minimum atomic E-state index is 0.360. The van der Waals surface area contributed by atoms with Crippen molar-refractivity contribution in [3.63, 3.8) is 0 Å². The predicted octanol–water partition coefficient (Wildman–Crippen LogP) is 1.52. The number of likely N-dealkylation sites (N-methyl/N-ethyl adjacent to an activating group) is 1. The Hall–Kier alpha value is -0.860. The molecule has 1 aromatic rings. The second-order valence-electron chi connectivity index (χ2n) is 3.36. The monoisotopic (exact) mass is 177 g/mol. The van der Waals surface area contributed by atoms with E-state index in [1.54, 1.807) is 0 Å². The van der Waals surface area contributed by atoms with Crippen LogP contribution in [0.15, 0.2) is 24.3 Å². The number of hydrogen-bond acceptors (Lipinski definition) is 2. The second kappa shape index (κ2) is 3.90. The summed E-state index contributed by atoms with van der Waals surface area (Å²) >= 11 is 0. The molecule has 2 heteroatoms. The zero-order valence-corrected chi connectivity index (χ0v) is 7.92. The van der Waals surface area contributed by atoms with Gasteiger partial charge in [0.2, 0.25) is 0 Å². The van der Waals surface area contributed by atoms with Gasteiger partial charge in [-0.1, -0.05) is 24.3 Å². The number of nitrogens with one attached hydrogen (secondary N) is 1. The minimum Gasteiger partial charge on any atom is -0.379 e. The molecule has 1 atom stereocenters. The highest BCUT2D eigenvalue weighted by molar-refractivity contribution is 5.31. The molecular formula is C11H15NO. The van der Waals surface area contributed by atoms with Crippen molar-refractivity contribution < 1.29 is 4.74 Å². The third-order valence-electron chi connectivity index (χ3n) is 2.58. The Labute approximate surface area is 78.9 Å². The Morgan fingerprint density at radius 1 is 1.38 bits per heavy atom. The van der Waals surface area contributed by atoms with Crippen LogP contribution in [0.25, 0.3) is 0 Å². The van der Waals surface area contributed by atoms with Crippen LogP contribution in [-0.2, 0) is 11.2 Å². The lowest BCUT2D eigenvalue weighted by atomic mass is 10.00. The predicted molar refractivity (Wildman–Crippen MR) is 52.8 cm³/mol. The average Bonchev–Trinajstić information content (AvgIpc) is 2.39. The lowest BCUT2D eigenvalue weighted by Crippen LogP contribution is -2.20. The maximum atomic E-state index is 5.52. The SMILES string of the molecule is CNC1COCCc2ccccc21. The van der Waals surface area contributed by atoms with Crippen molar-refractivity contribution >= 4 is 0 Å². The molecule has 0 saturated heterocycles. The largest absolute Gasteiger partial charge is 0.379 e. The van der Waals surface area contributed by atoms with Crippen LogP contribution < -0.4 is 5.32 Å². The molecule has 13 heavy (non-hydrogen) atoms. The third kappa shape index (κ3) is 1.74. The van der Waals surface area contributed by atoms with E-state index in [0.29, 0.717) is 6.04 Å². The standard InChI is InChI=1S/C11H15NO/c1-12-11-8-13-7-6-9-4-2-3-5-10(9)11/h2-5,11-12H,6-8H2,1H3. The molecule has 1 aliphatic rings. The van der Waals surface area contributed by atoms with Crippen LogP contribution in [0.2, 0.25) is 0 Å². The molecule has 2 nitrogen and oxygen atoms in total. The first-order valence-electron chi connectivity index (χ1n) is 4.74.